The predicted octanol–water partition coefficient (Wildman–Crippen LogP) is 6.18. The molecule has 0 atom stereocenters. The molecule has 33 heavy (non-hydrogen) atoms. The summed E-state index contributed by atoms with van der Waals surface area (Å²) in [5, 5.41) is 1.43. The Balaban J connectivity index is 1.83. The molecule has 0 aliphatic heterocycles. The molecular formula is C29H27N2OP. The lowest BCUT2D eigenvalue weighted by atomic mass is 10.1. The molecule has 0 spiro atoms. The van der Waals surface area contributed by atoms with Crippen molar-refractivity contribution >= 4 is 35.4 Å². The topological polar surface area (TPSA) is 32.7 Å². The van der Waals surface area contributed by atoms with Crippen LogP contribution in [0.1, 0.15) is 11.1 Å². The van der Waals surface area contributed by atoms with E-state index in [2.05, 4.69) is 29.2 Å². The van der Waals surface area contributed by atoms with Gasteiger partial charge in [0.1, 0.15) is 0 Å². The fraction of sp³-hybridized carbons (Fsp3) is 0.0690. The fourth-order valence-corrected chi connectivity index (χ4v) is 5.70. The van der Waals surface area contributed by atoms with E-state index in [4.69, 9.17) is 4.76 Å². The Bertz CT molecular complexity index is 1240. The summed E-state index contributed by atoms with van der Waals surface area (Å²) in [5.74, 6) is 0. The van der Waals surface area contributed by atoms with E-state index >= 15 is 0 Å². The van der Waals surface area contributed by atoms with Crippen LogP contribution in [-0.2, 0) is 4.57 Å². The van der Waals surface area contributed by atoms with E-state index in [0.717, 1.165) is 16.8 Å². The van der Waals surface area contributed by atoms with Gasteiger partial charge < -0.3 is 4.90 Å². The fourth-order valence-electron chi connectivity index (χ4n) is 3.53. The summed E-state index contributed by atoms with van der Waals surface area (Å²) in [6.07, 6.45) is 3.98. The van der Waals surface area contributed by atoms with Gasteiger partial charge in [-0.2, -0.15) is 0 Å². The average Bonchev–Trinajstić information content (AvgIpc) is 2.88. The monoisotopic (exact) mass is 450 g/mol. The molecule has 0 unspecified atom stereocenters. The van der Waals surface area contributed by atoms with E-state index in [-0.39, 0.29) is 0 Å². The molecule has 164 valence electrons. The van der Waals surface area contributed by atoms with Crippen molar-refractivity contribution in [1.29, 1.82) is 0 Å². The third-order valence-electron chi connectivity index (χ3n) is 5.37. The number of benzene rings is 4. The quantitative estimate of drug-likeness (QED) is 0.249. The SMILES string of the molecule is CN(C)c1ccc(/C=C/C(=N/P(=O)(c2ccccc2)c2ccccc2)c2ccccc2)cc1. The van der Waals surface area contributed by atoms with E-state index in [0.29, 0.717) is 16.3 Å². The third-order valence-corrected chi connectivity index (χ3v) is 7.87. The van der Waals surface area contributed by atoms with Crippen molar-refractivity contribution in [2.75, 3.05) is 19.0 Å². The third kappa shape index (κ3) is 5.39. The van der Waals surface area contributed by atoms with Crippen LogP contribution in [0.15, 0.2) is 126 Å². The summed E-state index contributed by atoms with van der Waals surface area (Å²) in [5.41, 5.74) is 3.80. The Hall–Kier alpha value is -3.68. The van der Waals surface area contributed by atoms with E-state index in [1.807, 2.05) is 117 Å². The van der Waals surface area contributed by atoms with Crippen molar-refractivity contribution in [1.82, 2.24) is 0 Å². The number of nitrogens with zero attached hydrogens (tertiary/aromatic N) is 2. The summed E-state index contributed by atoms with van der Waals surface area (Å²) >= 11 is 0. The lowest BCUT2D eigenvalue weighted by molar-refractivity contribution is 0.588. The van der Waals surface area contributed by atoms with E-state index in [1.165, 1.54) is 0 Å². The first-order chi connectivity index (χ1) is 16.1. The minimum Gasteiger partial charge on any atom is -0.378 e. The van der Waals surface area contributed by atoms with Crippen LogP contribution in [0.4, 0.5) is 5.69 Å². The van der Waals surface area contributed by atoms with Crippen LogP contribution < -0.4 is 15.5 Å². The second-order valence-corrected chi connectivity index (χ2v) is 10.3. The Morgan fingerprint density at radius 2 is 1.18 bits per heavy atom. The minimum absolute atomic E-state index is 0.684. The molecule has 0 aliphatic rings. The van der Waals surface area contributed by atoms with Crippen LogP contribution in [0.25, 0.3) is 6.08 Å². The van der Waals surface area contributed by atoms with Gasteiger partial charge in [-0.25, -0.2) is 4.76 Å². The highest BCUT2D eigenvalue weighted by atomic mass is 31.2. The van der Waals surface area contributed by atoms with Crippen LogP contribution in [0.2, 0.25) is 0 Å². The van der Waals surface area contributed by atoms with Crippen molar-refractivity contribution in [3.63, 3.8) is 0 Å². The summed E-state index contributed by atoms with van der Waals surface area (Å²) in [6, 6.07) is 37.3. The number of rotatable bonds is 7. The first kappa shape index (κ1) is 22.5. The van der Waals surface area contributed by atoms with Gasteiger partial charge in [0.15, 0.2) is 0 Å². The van der Waals surface area contributed by atoms with Gasteiger partial charge in [-0.15, -0.1) is 0 Å². The Kier molecular flexibility index (Phi) is 7.02. The molecule has 0 fully saturated rings. The lowest BCUT2D eigenvalue weighted by Crippen LogP contribution is -2.15. The zero-order chi connectivity index (χ0) is 23.1. The van der Waals surface area contributed by atoms with Crippen molar-refractivity contribution in [2.45, 2.75) is 0 Å². The number of hydrogen-bond donors (Lipinski definition) is 0. The van der Waals surface area contributed by atoms with Crippen LogP contribution in [-0.4, -0.2) is 19.8 Å². The highest BCUT2D eigenvalue weighted by molar-refractivity contribution is 7.77. The number of anilines is 1. The molecule has 0 heterocycles. The van der Waals surface area contributed by atoms with Gasteiger partial charge in [-0.05, 0) is 48.0 Å². The highest BCUT2D eigenvalue weighted by Crippen LogP contribution is 2.45. The van der Waals surface area contributed by atoms with Crippen molar-refractivity contribution in [3.05, 3.63) is 132 Å². The molecule has 4 heteroatoms. The zero-order valence-electron chi connectivity index (χ0n) is 18.9. The van der Waals surface area contributed by atoms with Crippen LogP contribution in [0.3, 0.4) is 0 Å². The summed E-state index contributed by atoms with van der Waals surface area (Å²) in [4.78, 5) is 2.07. The average molecular weight is 451 g/mol. The second kappa shape index (κ2) is 10.3. The summed E-state index contributed by atoms with van der Waals surface area (Å²) < 4.78 is 19.5. The summed E-state index contributed by atoms with van der Waals surface area (Å²) in [7, 11) is 0.789. The molecule has 3 nitrogen and oxygen atoms in total. The predicted molar refractivity (Wildman–Crippen MR) is 143 cm³/mol. The first-order valence-electron chi connectivity index (χ1n) is 10.9. The van der Waals surface area contributed by atoms with Crippen molar-refractivity contribution < 1.29 is 4.57 Å². The molecular weight excluding hydrogens is 423 g/mol. The molecule has 0 saturated heterocycles. The molecule has 0 aliphatic carbocycles. The minimum atomic E-state index is -3.26. The first-order valence-corrected chi connectivity index (χ1v) is 12.5. The van der Waals surface area contributed by atoms with Gasteiger partial charge >= 0.3 is 0 Å². The smallest absolute Gasteiger partial charge is 0.247 e. The van der Waals surface area contributed by atoms with Crippen molar-refractivity contribution in [3.8, 4) is 0 Å². The maximum absolute atomic E-state index is 14.5. The Morgan fingerprint density at radius 1 is 0.697 bits per heavy atom. The largest absolute Gasteiger partial charge is 0.378 e. The molecule has 0 amide bonds. The van der Waals surface area contributed by atoms with Crippen LogP contribution in [0.5, 0.6) is 0 Å². The van der Waals surface area contributed by atoms with Crippen LogP contribution in [0, 0.1) is 0 Å². The summed E-state index contributed by atoms with van der Waals surface area (Å²) in [6.45, 7) is 0. The van der Waals surface area contributed by atoms with E-state index in [9.17, 15) is 4.57 Å². The van der Waals surface area contributed by atoms with Gasteiger partial charge in [-0.3, -0.25) is 4.57 Å². The Labute approximate surface area is 196 Å². The van der Waals surface area contributed by atoms with Crippen molar-refractivity contribution in [2.24, 2.45) is 4.76 Å². The molecule has 0 saturated carbocycles. The Morgan fingerprint density at radius 3 is 1.67 bits per heavy atom. The van der Waals surface area contributed by atoms with Gasteiger partial charge in [0.2, 0.25) is 7.29 Å². The van der Waals surface area contributed by atoms with Gasteiger partial charge in [-0.1, -0.05) is 84.9 Å². The van der Waals surface area contributed by atoms with Crippen LogP contribution >= 0.6 is 7.29 Å². The molecule has 4 aromatic rings. The van der Waals surface area contributed by atoms with Gasteiger partial charge in [0.25, 0.3) is 0 Å². The molecule has 0 aromatic heterocycles. The maximum atomic E-state index is 14.5. The normalized spacial score (nSPS) is 12.1. The zero-order valence-corrected chi connectivity index (χ0v) is 19.8. The number of hydrogen-bond acceptors (Lipinski definition) is 2. The molecule has 4 aromatic carbocycles. The highest BCUT2D eigenvalue weighted by Gasteiger charge is 2.27. The van der Waals surface area contributed by atoms with E-state index in [1.54, 1.807) is 0 Å². The van der Waals surface area contributed by atoms with E-state index < -0.39 is 7.29 Å². The number of allylic oxidation sites excluding steroid dienone is 1. The lowest BCUT2D eigenvalue weighted by Gasteiger charge is -2.16. The van der Waals surface area contributed by atoms with Gasteiger partial charge in [0.05, 0.1) is 5.71 Å². The maximum Gasteiger partial charge on any atom is 0.247 e. The molecule has 0 bridgehead atoms. The second-order valence-electron chi connectivity index (χ2n) is 7.92. The molecule has 0 N–H and O–H groups in total. The standard InChI is InChI=1S/C29H27N2OP/c1-31(2)26-21-18-24(19-22-26)20-23-29(25-12-6-3-7-13-25)30-33(32,27-14-8-4-9-15-27)28-16-10-5-11-17-28/h3-23H,1-2H3/b23-20+,30-29-. The molecule has 0 radical (unpaired) electrons. The molecule has 4 rings (SSSR count). The van der Waals surface area contributed by atoms with Gasteiger partial charge in [0, 0.05) is 36.0 Å².